The molecule has 0 atom stereocenters. The molecule has 1 aliphatic carbocycles. The van der Waals surface area contributed by atoms with E-state index in [1.807, 2.05) is 29.8 Å². The average molecular weight is 550 g/mol. The molecule has 2 aromatic carbocycles. The molecule has 0 amide bonds. The molecule has 7 nitrogen and oxygen atoms in total. The van der Waals surface area contributed by atoms with Gasteiger partial charge < -0.3 is 4.57 Å². The molecule has 3 heterocycles. The second-order valence-corrected chi connectivity index (χ2v) is 10.1. The molecular weight excluding hydrogens is 522 g/mol. The van der Waals surface area contributed by atoms with Crippen LogP contribution < -0.4 is 0 Å². The normalized spacial score (nSPS) is 13.0. The van der Waals surface area contributed by atoms with E-state index in [9.17, 15) is 17.6 Å². The van der Waals surface area contributed by atoms with Crippen LogP contribution in [0.5, 0.6) is 0 Å². The molecule has 5 aromatic rings. The van der Waals surface area contributed by atoms with Crippen molar-refractivity contribution in [2.45, 2.75) is 59.4 Å². The Morgan fingerprint density at radius 1 is 0.950 bits per heavy atom. The van der Waals surface area contributed by atoms with Gasteiger partial charge in [-0.25, -0.2) is 14.1 Å². The lowest BCUT2D eigenvalue weighted by Gasteiger charge is -2.22. The van der Waals surface area contributed by atoms with E-state index in [0.29, 0.717) is 49.3 Å². The Labute approximate surface area is 228 Å². The fourth-order valence-corrected chi connectivity index (χ4v) is 5.44. The highest BCUT2D eigenvalue weighted by Gasteiger charge is 2.39. The first kappa shape index (κ1) is 26.0. The summed E-state index contributed by atoms with van der Waals surface area (Å²) >= 11 is 0. The number of nitrogens with zero attached hydrogens (tertiary/aromatic N) is 7. The molecule has 0 unspecified atom stereocenters. The summed E-state index contributed by atoms with van der Waals surface area (Å²) in [5.74, 6) is 0.534. The van der Waals surface area contributed by atoms with Crippen molar-refractivity contribution in [3.05, 3.63) is 94.2 Å². The van der Waals surface area contributed by atoms with Crippen LogP contribution in [0.3, 0.4) is 0 Å². The lowest BCUT2D eigenvalue weighted by molar-refractivity contribution is -0.141. The number of alkyl halides is 3. The van der Waals surface area contributed by atoms with Crippen molar-refractivity contribution in [3.63, 3.8) is 0 Å². The van der Waals surface area contributed by atoms with Gasteiger partial charge in [0.05, 0.1) is 12.2 Å². The summed E-state index contributed by atoms with van der Waals surface area (Å²) in [4.78, 5) is 4.28. The largest absolute Gasteiger partial charge is 0.435 e. The SMILES string of the molecule is CCn1cc(-c2cc(Cn3ccnc3C)cc3c2CCc2c-3nnn2Cc2ccc(F)c(C)c2)c(C(F)(F)F)n1. The zero-order chi connectivity index (χ0) is 28.2. The molecule has 206 valence electrons. The number of hydrogen-bond acceptors (Lipinski definition) is 4. The number of aromatic nitrogens is 7. The van der Waals surface area contributed by atoms with Gasteiger partial charge >= 0.3 is 6.18 Å². The van der Waals surface area contributed by atoms with Gasteiger partial charge in [0, 0.05) is 42.8 Å². The van der Waals surface area contributed by atoms with Gasteiger partial charge in [-0.1, -0.05) is 17.3 Å². The Morgan fingerprint density at radius 2 is 1.75 bits per heavy atom. The number of hydrogen-bond donors (Lipinski definition) is 0. The average Bonchev–Trinajstić information content (AvgIpc) is 3.64. The summed E-state index contributed by atoms with van der Waals surface area (Å²) in [5.41, 5.74) is 5.06. The van der Waals surface area contributed by atoms with E-state index in [4.69, 9.17) is 0 Å². The Kier molecular flexibility index (Phi) is 6.31. The zero-order valence-electron chi connectivity index (χ0n) is 22.3. The fourth-order valence-electron chi connectivity index (χ4n) is 5.44. The van der Waals surface area contributed by atoms with Gasteiger partial charge in [0.25, 0.3) is 0 Å². The molecule has 3 aromatic heterocycles. The number of benzene rings is 2. The first-order valence-corrected chi connectivity index (χ1v) is 13.1. The van der Waals surface area contributed by atoms with E-state index >= 15 is 0 Å². The summed E-state index contributed by atoms with van der Waals surface area (Å²) in [7, 11) is 0. The van der Waals surface area contributed by atoms with Crippen LogP contribution in [0.4, 0.5) is 17.6 Å². The standard InChI is InChI=1S/C29H27F4N7/c1-4-39-16-24(28(36-39)29(31,32)33)22-12-20(14-38-10-9-34-18(38)3)13-23-21(22)6-8-26-27(23)35-37-40(26)15-19-5-7-25(30)17(2)11-19/h5,7,9-13,16H,4,6,8,14-15H2,1-3H3. The predicted octanol–water partition coefficient (Wildman–Crippen LogP) is 5.99. The highest BCUT2D eigenvalue weighted by atomic mass is 19.4. The molecule has 1 aliphatic rings. The van der Waals surface area contributed by atoms with E-state index in [1.54, 1.807) is 36.9 Å². The minimum Gasteiger partial charge on any atom is -0.331 e. The van der Waals surface area contributed by atoms with Crippen molar-refractivity contribution in [1.29, 1.82) is 0 Å². The molecule has 40 heavy (non-hydrogen) atoms. The van der Waals surface area contributed by atoms with Gasteiger partial charge in [-0.3, -0.25) is 4.68 Å². The molecule has 0 saturated heterocycles. The zero-order valence-corrected chi connectivity index (χ0v) is 22.3. The van der Waals surface area contributed by atoms with Crippen molar-refractivity contribution in [2.24, 2.45) is 0 Å². The van der Waals surface area contributed by atoms with Crippen LogP contribution in [0.2, 0.25) is 0 Å². The van der Waals surface area contributed by atoms with Crippen molar-refractivity contribution < 1.29 is 17.6 Å². The molecule has 0 saturated carbocycles. The number of halogens is 4. The Morgan fingerprint density at radius 3 is 2.45 bits per heavy atom. The Hall–Kier alpha value is -4.28. The van der Waals surface area contributed by atoms with Crippen LogP contribution in [0.1, 0.15) is 46.4 Å². The first-order valence-electron chi connectivity index (χ1n) is 13.1. The maximum absolute atomic E-state index is 14.1. The molecule has 6 rings (SSSR count). The summed E-state index contributed by atoms with van der Waals surface area (Å²) < 4.78 is 61.3. The third-order valence-corrected chi connectivity index (χ3v) is 7.49. The van der Waals surface area contributed by atoms with Crippen LogP contribution in [-0.4, -0.2) is 34.3 Å². The van der Waals surface area contributed by atoms with E-state index in [2.05, 4.69) is 20.4 Å². The third-order valence-electron chi connectivity index (χ3n) is 7.49. The maximum atomic E-state index is 14.1. The molecule has 0 bridgehead atoms. The summed E-state index contributed by atoms with van der Waals surface area (Å²) in [6.45, 7) is 6.53. The summed E-state index contributed by atoms with van der Waals surface area (Å²) in [5, 5.41) is 12.8. The van der Waals surface area contributed by atoms with Crippen LogP contribution in [0.25, 0.3) is 22.4 Å². The van der Waals surface area contributed by atoms with Crippen LogP contribution in [-0.2, 0) is 38.7 Å². The van der Waals surface area contributed by atoms with E-state index < -0.39 is 11.9 Å². The Balaban J connectivity index is 1.50. The maximum Gasteiger partial charge on any atom is 0.435 e. The van der Waals surface area contributed by atoms with Gasteiger partial charge in [0.1, 0.15) is 17.3 Å². The highest BCUT2D eigenvalue weighted by Crippen LogP contribution is 2.43. The molecule has 0 aliphatic heterocycles. The molecule has 0 N–H and O–H groups in total. The van der Waals surface area contributed by atoms with E-state index in [-0.39, 0.29) is 11.4 Å². The lowest BCUT2D eigenvalue weighted by Crippen LogP contribution is -2.14. The quantitative estimate of drug-likeness (QED) is 0.244. The highest BCUT2D eigenvalue weighted by molar-refractivity contribution is 5.81. The van der Waals surface area contributed by atoms with Crippen molar-refractivity contribution in [1.82, 2.24) is 34.3 Å². The second kappa shape index (κ2) is 9.72. The summed E-state index contributed by atoms with van der Waals surface area (Å²) in [6, 6.07) is 8.78. The predicted molar refractivity (Wildman–Crippen MR) is 141 cm³/mol. The Bertz CT molecular complexity index is 1720. The molecule has 0 spiro atoms. The van der Waals surface area contributed by atoms with Crippen molar-refractivity contribution in [3.8, 4) is 22.4 Å². The second-order valence-electron chi connectivity index (χ2n) is 10.1. The van der Waals surface area contributed by atoms with Crippen LogP contribution in [0.15, 0.2) is 48.9 Å². The minimum absolute atomic E-state index is 0.0624. The monoisotopic (exact) mass is 549 g/mol. The minimum atomic E-state index is -4.60. The number of fused-ring (bicyclic) bond motifs is 3. The molecule has 11 heteroatoms. The van der Waals surface area contributed by atoms with Crippen molar-refractivity contribution in [2.75, 3.05) is 0 Å². The van der Waals surface area contributed by atoms with Crippen LogP contribution in [0, 0.1) is 19.7 Å². The molecule has 0 fully saturated rings. The first-order chi connectivity index (χ1) is 19.1. The van der Waals surface area contributed by atoms with Gasteiger partial charge in [-0.15, -0.1) is 5.10 Å². The van der Waals surface area contributed by atoms with E-state index in [1.165, 1.54) is 16.9 Å². The van der Waals surface area contributed by atoms with E-state index in [0.717, 1.165) is 33.8 Å². The fraction of sp³-hybridized carbons (Fsp3) is 0.310. The molecular formula is C29H27F4N7. The van der Waals surface area contributed by atoms with Gasteiger partial charge in [0.2, 0.25) is 0 Å². The smallest absolute Gasteiger partial charge is 0.331 e. The van der Waals surface area contributed by atoms with Crippen molar-refractivity contribution >= 4 is 0 Å². The van der Waals surface area contributed by atoms with Crippen LogP contribution >= 0.6 is 0 Å². The lowest BCUT2D eigenvalue weighted by atomic mass is 9.84. The number of rotatable bonds is 6. The third kappa shape index (κ3) is 4.59. The molecule has 0 radical (unpaired) electrons. The number of imidazole rings is 1. The summed E-state index contributed by atoms with van der Waals surface area (Å²) in [6.07, 6.45) is 1.50. The van der Waals surface area contributed by atoms with Gasteiger partial charge in [-0.2, -0.15) is 18.3 Å². The topological polar surface area (TPSA) is 66.3 Å². The van der Waals surface area contributed by atoms with Gasteiger partial charge in [-0.05, 0) is 79.6 Å². The van der Waals surface area contributed by atoms with Gasteiger partial charge in [0.15, 0.2) is 5.69 Å². The number of aryl methyl sites for hydroxylation is 3.